The van der Waals surface area contributed by atoms with E-state index in [1.54, 1.807) is 21.0 Å². The minimum atomic E-state index is -0.864. The summed E-state index contributed by atoms with van der Waals surface area (Å²) < 4.78 is 9.99. The Labute approximate surface area is 100.0 Å². The first kappa shape index (κ1) is 13.6. The molecule has 0 fully saturated rings. The Bertz CT molecular complexity index is 364. The molecule has 2 unspecified atom stereocenters. The minimum Gasteiger partial charge on any atom is -0.481 e. The summed E-state index contributed by atoms with van der Waals surface area (Å²) >= 11 is 0. The molecular weight excluding hydrogens is 224 g/mol. The predicted octanol–water partition coefficient (Wildman–Crippen LogP) is 1.47. The molecule has 1 aromatic rings. The standard InChI is InChI=1S/C11H18N2O4/c1-7(8(2)11(14)15)10-12-9(13-17-10)5-4-6-16-3/h7-8H,4-6H2,1-3H3,(H,14,15). The Kier molecular flexibility index (Phi) is 5.09. The van der Waals surface area contributed by atoms with Gasteiger partial charge in [-0.05, 0) is 6.42 Å². The van der Waals surface area contributed by atoms with Gasteiger partial charge in [0.05, 0.1) is 5.92 Å². The third-order valence-corrected chi connectivity index (χ3v) is 2.76. The summed E-state index contributed by atoms with van der Waals surface area (Å²) in [6.07, 6.45) is 1.49. The van der Waals surface area contributed by atoms with E-state index in [1.807, 2.05) is 0 Å². The molecule has 0 aliphatic heterocycles. The van der Waals surface area contributed by atoms with Gasteiger partial charge in [-0.3, -0.25) is 4.79 Å². The Morgan fingerprint density at radius 3 is 2.82 bits per heavy atom. The van der Waals surface area contributed by atoms with Gasteiger partial charge in [0, 0.05) is 26.1 Å². The van der Waals surface area contributed by atoms with Crippen molar-refractivity contribution >= 4 is 5.97 Å². The first-order valence-corrected chi connectivity index (χ1v) is 5.60. The number of ether oxygens (including phenoxy) is 1. The van der Waals surface area contributed by atoms with Crippen LogP contribution in [0.2, 0.25) is 0 Å². The average Bonchev–Trinajstić information content (AvgIpc) is 2.76. The number of hydrogen-bond donors (Lipinski definition) is 1. The van der Waals surface area contributed by atoms with Crippen molar-refractivity contribution in [2.24, 2.45) is 5.92 Å². The second-order valence-corrected chi connectivity index (χ2v) is 4.06. The summed E-state index contributed by atoms with van der Waals surface area (Å²) in [6, 6.07) is 0. The van der Waals surface area contributed by atoms with Crippen molar-refractivity contribution in [1.82, 2.24) is 10.1 Å². The molecule has 0 saturated heterocycles. The third kappa shape index (κ3) is 3.81. The fourth-order valence-electron chi connectivity index (χ4n) is 1.36. The molecule has 17 heavy (non-hydrogen) atoms. The normalized spacial score (nSPS) is 14.5. The summed E-state index contributed by atoms with van der Waals surface area (Å²) in [4.78, 5) is 15.0. The zero-order chi connectivity index (χ0) is 12.8. The van der Waals surface area contributed by atoms with Crippen molar-refractivity contribution in [3.05, 3.63) is 11.7 Å². The first-order chi connectivity index (χ1) is 8.06. The minimum absolute atomic E-state index is 0.281. The lowest BCUT2D eigenvalue weighted by Crippen LogP contribution is -2.16. The number of carboxylic acid groups (broad SMARTS) is 1. The highest BCUT2D eigenvalue weighted by atomic mass is 16.5. The topological polar surface area (TPSA) is 85.5 Å². The molecule has 6 heteroatoms. The van der Waals surface area contributed by atoms with E-state index in [4.69, 9.17) is 14.4 Å². The highest BCUT2D eigenvalue weighted by molar-refractivity contribution is 5.70. The van der Waals surface area contributed by atoms with Gasteiger partial charge in [0.25, 0.3) is 0 Å². The number of aryl methyl sites for hydroxylation is 1. The van der Waals surface area contributed by atoms with Crippen molar-refractivity contribution in [2.75, 3.05) is 13.7 Å². The van der Waals surface area contributed by atoms with Crippen LogP contribution in [-0.4, -0.2) is 34.9 Å². The molecule has 0 bridgehead atoms. The van der Waals surface area contributed by atoms with Crippen molar-refractivity contribution < 1.29 is 19.2 Å². The van der Waals surface area contributed by atoms with Crippen molar-refractivity contribution in [3.8, 4) is 0 Å². The van der Waals surface area contributed by atoms with Gasteiger partial charge in [0.1, 0.15) is 0 Å². The molecule has 0 spiro atoms. The lowest BCUT2D eigenvalue weighted by molar-refractivity contribution is -0.141. The highest BCUT2D eigenvalue weighted by Crippen LogP contribution is 2.22. The summed E-state index contributed by atoms with van der Waals surface area (Å²) in [5.74, 6) is -0.705. The number of hydrogen-bond acceptors (Lipinski definition) is 5. The highest BCUT2D eigenvalue weighted by Gasteiger charge is 2.25. The second kappa shape index (κ2) is 6.34. The molecule has 1 heterocycles. The Hall–Kier alpha value is -1.43. The second-order valence-electron chi connectivity index (χ2n) is 4.06. The summed E-state index contributed by atoms with van der Waals surface area (Å²) in [6.45, 7) is 4.04. The van der Waals surface area contributed by atoms with Crippen LogP contribution in [-0.2, 0) is 16.0 Å². The first-order valence-electron chi connectivity index (χ1n) is 5.60. The van der Waals surface area contributed by atoms with Crippen LogP contribution in [0.1, 0.15) is 37.9 Å². The van der Waals surface area contributed by atoms with Gasteiger partial charge in [-0.1, -0.05) is 19.0 Å². The molecule has 0 aromatic carbocycles. The smallest absolute Gasteiger partial charge is 0.307 e. The van der Waals surface area contributed by atoms with E-state index in [9.17, 15) is 4.79 Å². The van der Waals surface area contributed by atoms with Crippen LogP contribution < -0.4 is 0 Å². The van der Waals surface area contributed by atoms with E-state index in [-0.39, 0.29) is 5.92 Å². The van der Waals surface area contributed by atoms with Gasteiger partial charge >= 0.3 is 5.97 Å². The zero-order valence-corrected chi connectivity index (χ0v) is 10.3. The number of aliphatic carboxylic acids is 1. The average molecular weight is 242 g/mol. The molecule has 0 aliphatic rings. The van der Waals surface area contributed by atoms with Crippen molar-refractivity contribution in [1.29, 1.82) is 0 Å². The molecular formula is C11H18N2O4. The fourth-order valence-corrected chi connectivity index (χ4v) is 1.36. The monoisotopic (exact) mass is 242 g/mol. The van der Waals surface area contributed by atoms with Crippen molar-refractivity contribution in [3.63, 3.8) is 0 Å². The van der Waals surface area contributed by atoms with Crippen LogP contribution in [0, 0.1) is 5.92 Å². The molecule has 2 atom stereocenters. The van der Waals surface area contributed by atoms with Crippen LogP contribution in [0.4, 0.5) is 0 Å². The van der Waals surface area contributed by atoms with Crippen LogP contribution in [0.3, 0.4) is 0 Å². The van der Waals surface area contributed by atoms with Crippen molar-refractivity contribution in [2.45, 2.75) is 32.6 Å². The lowest BCUT2D eigenvalue weighted by atomic mass is 9.96. The Balaban J connectivity index is 2.58. The maximum atomic E-state index is 10.8. The van der Waals surface area contributed by atoms with Gasteiger partial charge < -0.3 is 14.4 Å². The molecule has 0 radical (unpaired) electrons. The van der Waals surface area contributed by atoms with Gasteiger partial charge in [0.15, 0.2) is 5.82 Å². The SMILES string of the molecule is COCCCc1noc(C(C)C(C)C(=O)O)n1. The lowest BCUT2D eigenvalue weighted by Gasteiger charge is -2.10. The van der Waals surface area contributed by atoms with Crippen LogP contribution in [0.25, 0.3) is 0 Å². The van der Waals surface area contributed by atoms with E-state index >= 15 is 0 Å². The van der Waals surface area contributed by atoms with Gasteiger partial charge in [-0.25, -0.2) is 0 Å². The largest absolute Gasteiger partial charge is 0.481 e. The van der Waals surface area contributed by atoms with E-state index in [0.29, 0.717) is 24.7 Å². The molecule has 1 rings (SSSR count). The van der Waals surface area contributed by atoms with E-state index in [2.05, 4.69) is 10.1 Å². The number of nitrogens with zero attached hydrogens (tertiary/aromatic N) is 2. The number of rotatable bonds is 7. The number of methoxy groups -OCH3 is 1. The Morgan fingerprint density at radius 1 is 1.53 bits per heavy atom. The van der Waals surface area contributed by atoms with Gasteiger partial charge in [-0.15, -0.1) is 0 Å². The maximum Gasteiger partial charge on any atom is 0.307 e. The van der Waals surface area contributed by atoms with Crippen LogP contribution in [0.5, 0.6) is 0 Å². The molecule has 1 aromatic heterocycles. The summed E-state index contributed by atoms with van der Waals surface area (Å²) in [5.41, 5.74) is 0. The van der Waals surface area contributed by atoms with Gasteiger partial charge in [-0.2, -0.15) is 4.98 Å². The van der Waals surface area contributed by atoms with E-state index in [1.165, 1.54) is 0 Å². The van der Waals surface area contributed by atoms with Crippen LogP contribution in [0.15, 0.2) is 4.52 Å². The molecule has 0 amide bonds. The number of carbonyl (C=O) groups is 1. The Morgan fingerprint density at radius 2 is 2.24 bits per heavy atom. The molecule has 96 valence electrons. The fraction of sp³-hybridized carbons (Fsp3) is 0.727. The van der Waals surface area contributed by atoms with E-state index < -0.39 is 11.9 Å². The van der Waals surface area contributed by atoms with Crippen LogP contribution >= 0.6 is 0 Å². The summed E-state index contributed by atoms with van der Waals surface area (Å²) in [7, 11) is 1.64. The predicted molar refractivity (Wildman–Crippen MR) is 59.7 cm³/mol. The number of carboxylic acids is 1. The molecule has 0 saturated carbocycles. The van der Waals surface area contributed by atoms with E-state index in [0.717, 1.165) is 6.42 Å². The van der Waals surface area contributed by atoms with Gasteiger partial charge in [0.2, 0.25) is 5.89 Å². The zero-order valence-electron chi connectivity index (χ0n) is 10.3. The molecule has 0 aliphatic carbocycles. The molecule has 1 N–H and O–H groups in total. The number of aromatic nitrogens is 2. The maximum absolute atomic E-state index is 10.8. The summed E-state index contributed by atoms with van der Waals surface area (Å²) in [5, 5.41) is 12.7. The molecule has 6 nitrogen and oxygen atoms in total. The quantitative estimate of drug-likeness (QED) is 0.729. The third-order valence-electron chi connectivity index (χ3n) is 2.76.